The van der Waals surface area contributed by atoms with Gasteiger partial charge in [-0.05, 0) is 42.7 Å². The molecule has 32 heavy (non-hydrogen) atoms. The summed E-state index contributed by atoms with van der Waals surface area (Å²) in [5, 5.41) is 2.91. The summed E-state index contributed by atoms with van der Waals surface area (Å²) in [7, 11) is -3.91. The smallest absolute Gasteiger partial charge is 0.264 e. The fourth-order valence-electron chi connectivity index (χ4n) is 3.76. The number of sulfonamides is 1. The molecule has 1 aliphatic rings. The zero-order valence-corrected chi connectivity index (χ0v) is 18.5. The van der Waals surface area contributed by atoms with Crippen LogP contribution >= 0.6 is 0 Å². The molecular formula is C25H26N2O4S. The number of hydrogen-bond donors (Lipinski definition) is 1. The van der Waals surface area contributed by atoms with Crippen molar-refractivity contribution in [3.8, 4) is 0 Å². The zero-order valence-electron chi connectivity index (χ0n) is 17.7. The van der Waals surface area contributed by atoms with E-state index in [4.69, 9.17) is 4.74 Å². The van der Waals surface area contributed by atoms with Gasteiger partial charge in [-0.3, -0.25) is 9.10 Å². The van der Waals surface area contributed by atoms with Crippen LogP contribution in [0.4, 0.5) is 5.69 Å². The van der Waals surface area contributed by atoms with E-state index < -0.39 is 10.0 Å². The number of nitrogens with one attached hydrogen (secondary N) is 1. The summed E-state index contributed by atoms with van der Waals surface area (Å²) in [6, 6.07) is 24.4. The number of rotatable bonds is 8. The van der Waals surface area contributed by atoms with Crippen molar-refractivity contribution in [3.05, 3.63) is 96.1 Å². The fourth-order valence-corrected chi connectivity index (χ4v) is 5.25. The minimum atomic E-state index is -3.91. The van der Waals surface area contributed by atoms with E-state index >= 15 is 0 Å². The number of ether oxygens (including phenoxy) is 1. The third kappa shape index (κ3) is 5.00. The first-order valence-corrected chi connectivity index (χ1v) is 12.1. The molecule has 0 aromatic heterocycles. The van der Waals surface area contributed by atoms with E-state index in [1.807, 2.05) is 30.3 Å². The molecule has 6 nitrogen and oxygen atoms in total. The molecule has 0 bridgehead atoms. The average Bonchev–Trinajstić information content (AvgIpc) is 3.36. The fraction of sp³-hybridized carbons (Fsp3) is 0.240. The van der Waals surface area contributed by atoms with Crippen LogP contribution in [0.1, 0.15) is 28.8 Å². The van der Waals surface area contributed by atoms with Crippen molar-refractivity contribution in [1.82, 2.24) is 5.32 Å². The van der Waals surface area contributed by atoms with E-state index in [-0.39, 0.29) is 23.5 Å². The van der Waals surface area contributed by atoms with Crippen LogP contribution in [0.2, 0.25) is 0 Å². The Morgan fingerprint density at radius 3 is 2.28 bits per heavy atom. The van der Waals surface area contributed by atoms with Crippen molar-refractivity contribution >= 4 is 21.6 Å². The molecule has 7 heteroatoms. The van der Waals surface area contributed by atoms with Crippen LogP contribution in [0.15, 0.2) is 89.8 Å². The lowest BCUT2D eigenvalue weighted by molar-refractivity contribution is 0.0858. The van der Waals surface area contributed by atoms with Gasteiger partial charge < -0.3 is 10.1 Å². The first-order valence-electron chi connectivity index (χ1n) is 10.7. The summed E-state index contributed by atoms with van der Waals surface area (Å²) in [5.41, 5.74) is 1.47. The normalized spacial score (nSPS) is 15.9. The SMILES string of the molecule is O=C(NC[C@H]1CCCO1)c1ccccc1N(Cc1ccccc1)S(=O)(=O)c1ccccc1. The second-order valence-electron chi connectivity index (χ2n) is 7.67. The predicted molar refractivity (Wildman–Crippen MR) is 124 cm³/mol. The standard InChI is InChI=1S/C25H26N2O4S/c28-25(26-18-21-12-9-17-31-21)23-15-7-8-16-24(23)27(19-20-10-3-1-4-11-20)32(29,30)22-13-5-2-6-14-22/h1-8,10-11,13-16,21H,9,12,17-19H2,(H,26,28)/t21-/m1/s1. The van der Waals surface area contributed by atoms with Crippen molar-refractivity contribution in [2.75, 3.05) is 17.5 Å². The number of nitrogens with zero attached hydrogens (tertiary/aromatic N) is 1. The van der Waals surface area contributed by atoms with Gasteiger partial charge >= 0.3 is 0 Å². The number of anilines is 1. The van der Waals surface area contributed by atoms with Gasteiger partial charge in [0.05, 0.1) is 28.8 Å². The summed E-state index contributed by atoms with van der Waals surface area (Å²) in [6.45, 7) is 1.21. The van der Waals surface area contributed by atoms with Crippen LogP contribution in [0.5, 0.6) is 0 Å². The minimum absolute atomic E-state index is 0.000384. The van der Waals surface area contributed by atoms with Gasteiger partial charge in [-0.25, -0.2) is 8.42 Å². The number of amides is 1. The molecule has 0 unspecified atom stereocenters. The van der Waals surface area contributed by atoms with Crippen LogP contribution < -0.4 is 9.62 Å². The Bertz CT molecular complexity index is 1140. The highest BCUT2D eigenvalue weighted by Gasteiger charge is 2.28. The molecule has 3 aromatic carbocycles. The van der Waals surface area contributed by atoms with Gasteiger partial charge in [0.1, 0.15) is 0 Å². The molecule has 3 aromatic rings. The lowest BCUT2D eigenvalue weighted by Gasteiger charge is -2.27. The number of carbonyl (C=O) groups is 1. The molecule has 1 saturated heterocycles. The van der Waals surface area contributed by atoms with Crippen molar-refractivity contribution < 1.29 is 17.9 Å². The van der Waals surface area contributed by atoms with Crippen LogP contribution in [-0.2, 0) is 21.3 Å². The van der Waals surface area contributed by atoms with Gasteiger partial charge in [0, 0.05) is 13.2 Å². The molecule has 1 aliphatic heterocycles. The Hall–Kier alpha value is -3.16. The topological polar surface area (TPSA) is 75.7 Å². The quantitative estimate of drug-likeness (QED) is 0.563. The summed E-state index contributed by atoms with van der Waals surface area (Å²) < 4.78 is 34.2. The Balaban J connectivity index is 1.70. The predicted octanol–water partition coefficient (Wildman–Crippen LogP) is 3.99. The highest BCUT2D eigenvalue weighted by atomic mass is 32.2. The van der Waals surface area contributed by atoms with Crippen molar-refractivity contribution in [2.24, 2.45) is 0 Å². The Labute approximate surface area is 188 Å². The average molecular weight is 451 g/mol. The molecule has 1 atom stereocenters. The Morgan fingerprint density at radius 1 is 0.938 bits per heavy atom. The Morgan fingerprint density at radius 2 is 1.59 bits per heavy atom. The molecule has 1 heterocycles. The molecule has 0 aliphatic carbocycles. The molecule has 0 radical (unpaired) electrons. The molecule has 0 spiro atoms. The van der Waals surface area contributed by atoms with E-state index in [9.17, 15) is 13.2 Å². The first-order chi connectivity index (χ1) is 15.6. The summed E-state index contributed by atoms with van der Waals surface area (Å²) in [6.07, 6.45) is 1.89. The molecule has 1 amide bonds. The molecule has 1 fully saturated rings. The van der Waals surface area contributed by atoms with Gasteiger partial charge in [0.25, 0.3) is 15.9 Å². The maximum absolute atomic E-state index is 13.7. The van der Waals surface area contributed by atoms with Crippen LogP contribution in [0.3, 0.4) is 0 Å². The van der Waals surface area contributed by atoms with Gasteiger partial charge in [0.15, 0.2) is 0 Å². The molecule has 0 saturated carbocycles. The van der Waals surface area contributed by atoms with Crippen molar-refractivity contribution in [3.63, 3.8) is 0 Å². The van der Waals surface area contributed by atoms with Crippen molar-refractivity contribution in [1.29, 1.82) is 0 Å². The maximum Gasteiger partial charge on any atom is 0.264 e. The molecule has 4 rings (SSSR count). The summed E-state index contributed by atoms with van der Waals surface area (Å²) in [5.74, 6) is -0.322. The molecule has 166 valence electrons. The van der Waals surface area contributed by atoms with E-state index in [2.05, 4.69) is 5.32 Å². The monoisotopic (exact) mass is 450 g/mol. The summed E-state index contributed by atoms with van der Waals surface area (Å²) >= 11 is 0. The van der Waals surface area contributed by atoms with E-state index in [0.717, 1.165) is 18.4 Å². The Kier molecular flexibility index (Phi) is 6.87. The number of carbonyl (C=O) groups excluding carboxylic acids is 1. The minimum Gasteiger partial charge on any atom is -0.376 e. The number of para-hydroxylation sites is 1. The van der Waals surface area contributed by atoms with Gasteiger partial charge in [0.2, 0.25) is 0 Å². The second-order valence-corrected chi connectivity index (χ2v) is 9.53. The lowest BCUT2D eigenvalue weighted by Crippen LogP contribution is -2.35. The maximum atomic E-state index is 13.7. The largest absolute Gasteiger partial charge is 0.376 e. The van der Waals surface area contributed by atoms with Crippen molar-refractivity contribution in [2.45, 2.75) is 30.4 Å². The third-order valence-electron chi connectivity index (χ3n) is 5.43. The van der Waals surface area contributed by atoms with Gasteiger partial charge in [-0.1, -0.05) is 60.7 Å². The van der Waals surface area contributed by atoms with Crippen LogP contribution in [-0.4, -0.2) is 33.6 Å². The second kappa shape index (κ2) is 9.97. The summed E-state index contributed by atoms with van der Waals surface area (Å²) in [4.78, 5) is 13.2. The number of hydrogen-bond acceptors (Lipinski definition) is 4. The first kappa shape index (κ1) is 22.0. The van der Waals surface area contributed by atoms with E-state index in [0.29, 0.717) is 24.4 Å². The zero-order chi connectivity index (χ0) is 22.4. The lowest BCUT2D eigenvalue weighted by atomic mass is 10.1. The highest BCUT2D eigenvalue weighted by molar-refractivity contribution is 7.92. The third-order valence-corrected chi connectivity index (χ3v) is 7.21. The van der Waals surface area contributed by atoms with Crippen LogP contribution in [0.25, 0.3) is 0 Å². The van der Waals surface area contributed by atoms with E-state index in [1.165, 1.54) is 4.31 Å². The highest BCUT2D eigenvalue weighted by Crippen LogP contribution is 2.29. The van der Waals surface area contributed by atoms with Gasteiger partial charge in [-0.2, -0.15) is 0 Å². The van der Waals surface area contributed by atoms with E-state index in [1.54, 1.807) is 54.6 Å². The molecular weight excluding hydrogens is 424 g/mol. The number of benzene rings is 3. The molecule has 1 N–H and O–H groups in total. The van der Waals surface area contributed by atoms with Crippen LogP contribution in [0, 0.1) is 0 Å². The van der Waals surface area contributed by atoms with Gasteiger partial charge in [-0.15, -0.1) is 0 Å².